The zero-order valence-electron chi connectivity index (χ0n) is 10.2. The van der Waals surface area contributed by atoms with Gasteiger partial charge in [0.2, 0.25) is 0 Å². The third kappa shape index (κ3) is 3.12. The van der Waals surface area contributed by atoms with E-state index in [-0.39, 0.29) is 11.9 Å². The van der Waals surface area contributed by atoms with Crippen molar-refractivity contribution in [2.75, 3.05) is 0 Å². The van der Waals surface area contributed by atoms with Gasteiger partial charge >= 0.3 is 0 Å². The summed E-state index contributed by atoms with van der Waals surface area (Å²) in [5.41, 5.74) is 5.60. The van der Waals surface area contributed by atoms with E-state index in [0.717, 1.165) is 16.8 Å². The Morgan fingerprint density at radius 3 is 2.78 bits per heavy atom. The van der Waals surface area contributed by atoms with Crippen molar-refractivity contribution in [3.05, 3.63) is 65.2 Å². The summed E-state index contributed by atoms with van der Waals surface area (Å²) >= 11 is 0. The fourth-order valence-corrected chi connectivity index (χ4v) is 1.86. The molecular weight excluding hydrogens is 229 g/mol. The van der Waals surface area contributed by atoms with Gasteiger partial charge in [-0.2, -0.15) is 0 Å². The molecule has 1 aromatic carbocycles. The molecule has 1 atom stereocenters. The number of nitrogens with two attached hydrogens (primary N) is 1. The van der Waals surface area contributed by atoms with E-state index in [1.807, 2.05) is 25.1 Å². The molecule has 0 aliphatic carbocycles. The average molecular weight is 245 g/mol. The number of aryl methyl sites for hydroxylation is 1. The maximum atomic E-state index is 13.1. The minimum Gasteiger partial charge on any atom is -0.271 e. The molecule has 0 aliphatic rings. The minimum absolute atomic E-state index is 0.0695. The molecule has 0 aliphatic heterocycles. The third-order valence-corrected chi connectivity index (χ3v) is 2.87. The van der Waals surface area contributed by atoms with Crippen LogP contribution in [0.25, 0.3) is 0 Å². The molecule has 0 saturated heterocycles. The van der Waals surface area contributed by atoms with Gasteiger partial charge in [0.05, 0.1) is 6.04 Å². The summed E-state index contributed by atoms with van der Waals surface area (Å²) in [6, 6.07) is 10.4. The van der Waals surface area contributed by atoms with Crippen LogP contribution < -0.4 is 11.3 Å². The Labute approximate surface area is 106 Å². The SMILES string of the molecule is Cc1ccc(C(Cc2cccc(F)c2)NN)cn1. The van der Waals surface area contributed by atoms with Crippen molar-refractivity contribution in [1.82, 2.24) is 10.4 Å². The van der Waals surface area contributed by atoms with Crippen LogP contribution in [0, 0.1) is 12.7 Å². The molecule has 18 heavy (non-hydrogen) atoms. The van der Waals surface area contributed by atoms with E-state index in [4.69, 9.17) is 5.84 Å². The zero-order valence-corrected chi connectivity index (χ0v) is 10.2. The molecule has 94 valence electrons. The van der Waals surface area contributed by atoms with Gasteiger partial charge in [-0.3, -0.25) is 16.3 Å². The maximum Gasteiger partial charge on any atom is 0.123 e. The Bertz CT molecular complexity index is 511. The van der Waals surface area contributed by atoms with E-state index >= 15 is 0 Å². The Balaban J connectivity index is 2.17. The van der Waals surface area contributed by atoms with Crippen molar-refractivity contribution in [3.8, 4) is 0 Å². The maximum absolute atomic E-state index is 13.1. The number of nitrogens with one attached hydrogen (secondary N) is 1. The first-order valence-electron chi connectivity index (χ1n) is 5.82. The van der Waals surface area contributed by atoms with E-state index < -0.39 is 0 Å². The Morgan fingerprint density at radius 2 is 2.17 bits per heavy atom. The number of aromatic nitrogens is 1. The topological polar surface area (TPSA) is 50.9 Å². The number of benzene rings is 1. The van der Waals surface area contributed by atoms with Gasteiger partial charge in [0.15, 0.2) is 0 Å². The molecule has 1 heterocycles. The van der Waals surface area contributed by atoms with E-state index in [1.54, 1.807) is 12.3 Å². The average Bonchev–Trinajstić information content (AvgIpc) is 2.37. The second-order valence-electron chi connectivity index (χ2n) is 4.29. The number of nitrogens with zero attached hydrogens (tertiary/aromatic N) is 1. The highest BCUT2D eigenvalue weighted by molar-refractivity contribution is 5.23. The van der Waals surface area contributed by atoms with Gasteiger partial charge in [-0.05, 0) is 42.7 Å². The van der Waals surface area contributed by atoms with E-state index in [9.17, 15) is 4.39 Å². The van der Waals surface area contributed by atoms with Crippen LogP contribution in [-0.2, 0) is 6.42 Å². The summed E-state index contributed by atoms with van der Waals surface area (Å²) in [5, 5.41) is 0. The quantitative estimate of drug-likeness (QED) is 0.642. The van der Waals surface area contributed by atoms with Crippen LogP contribution in [0.15, 0.2) is 42.6 Å². The van der Waals surface area contributed by atoms with Crippen LogP contribution in [0.4, 0.5) is 4.39 Å². The van der Waals surface area contributed by atoms with Crippen LogP contribution in [0.3, 0.4) is 0 Å². The van der Waals surface area contributed by atoms with Gasteiger partial charge in [0, 0.05) is 11.9 Å². The molecule has 0 bridgehead atoms. The molecule has 3 nitrogen and oxygen atoms in total. The predicted octanol–water partition coefficient (Wildman–Crippen LogP) is 2.28. The van der Waals surface area contributed by atoms with Crippen molar-refractivity contribution in [2.45, 2.75) is 19.4 Å². The van der Waals surface area contributed by atoms with Crippen LogP contribution >= 0.6 is 0 Å². The van der Waals surface area contributed by atoms with Crippen molar-refractivity contribution < 1.29 is 4.39 Å². The molecule has 1 unspecified atom stereocenters. The second-order valence-corrected chi connectivity index (χ2v) is 4.29. The first-order chi connectivity index (χ1) is 8.69. The molecule has 0 radical (unpaired) electrons. The van der Waals surface area contributed by atoms with Crippen LogP contribution in [-0.4, -0.2) is 4.98 Å². The summed E-state index contributed by atoms with van der Waals surface area (Å²) < 4.78 is 13.1. The van der Waals surface area contributed by atoms with E-state index in [0.29, 0.717) is 6.42 Å². The monoisotopic (exact) mass is 245 g/mol. The van der Waals surface area contributed by atoms with Gasteiger partial charge in [-0.1, -0.05) is 18.2 Å². The van der Waals surface area contributed by atoms with Gasteiger partial charge < -0.3 is 0 Å². The smallest absolute Gasteiger partial charge is 0.123 e. The van der Waals surface area contributed by atoms with Crippen molar-refractivity contribution >= 4 is 0 Å². The summed E-state index contributed by atoms with van der Waals surface area (Å²) in [5.74, 6) is 5.33. The highest BCUT2D eigenvalue weighted by Gasteiger charge is 2.11. The van der Waals surface area contributed by atoms with Gasteiger partial charge in [0.1, 0.15) is 5.82 Å². The molecule has 2 rings (SSSR count). The fraction of sp³-hybridized carbons (Fsp3) is 0.214. The predicted molar refractivity (Wildman–Crippen MR) is 69.1 cm³/mol. The number of hydrazine groups is 1. The summed E-state index contributed by atoms with van der Waals surface area (Å²) in [6.07, 6.45) is 2.41. The normalized spacial score (nSPS) is 12.4. The number of rotatable bonds is 4. The Kier molecular flexibility index (Phi) is 4.02. The molecule has 0 fully saturated rings. The fourth-order valence-electron chi connectivity index (χ4n) is 1.86. The van der Waals surface area contributed by atoms with Crippen molar-refractivity contribution in [1.29, 1.82) is 0 Å². The summed E-state index contributed by atoms with van der Waals surface area (Å²) in [4.78, 5) is 4.24. The largest absolute Gasteiger partial charge is 0.271 e. The third-order valence-electron chi connectivity index (χ3n) is 2.87. The van der Waals surface area contributed by atoms with E-state index in [1.165, 1.54) is 12.1 Å². The zero-order chi connectivity index (χ0) is 13.0. The second kappa shape index (κ2) is 5.71. The molecule has 2 aromatic rings. The number of halogens is 1. The van der Waals surface area contributed by atoms with Gasteiger partial charge in [-0.25, -0.2) is 4.39 Å². The van der Waals surface area contributed by atoms with Crippen LogP contribution in [0.1, 0.15) is 22.9 Å². The molecule has 0 saturated carbocycles. The highest BCUT2D eigenvalue weighted by atomic mass is 19.1. The Morgan fingerprint density at radius 1 is 1.33 bits per heavy atom. The number of hydrogen-bond acceptors (Lipinski definition) is 3. The lowest BCUT2D eigenvalue weighted by molar-refractivity contribution is 0.547. The molecule has 4 heteroatoms. The molecule has 3 N–H and O–H groups in total. The van der Waals surface area contributed by atoms with Crippen molar-refractivity contribution in [2.24, 2.45) is 5.84 Å². The number of hydrogen-bond donors (Lipinski definition) is 2. The van der Waals surface area contributed by atoms with Gasteiger partial charge in [0.25, 0.3) is 0 Å². The standard InChI is InChI=1S/C14H16FN3/c1-10-5-6-12(9-17-10)14(18-16)8-11-3-2-4-13(15)7-11/h2-7,9,14,18H,8,16H2,1H3. The molecular formula is C14H16FN3. The van der Waals surface area contributed by atoms with Gasteiger partial charge in [-0.15, -0.1) is 0 Å². The first kappa shape index (κ1) is 12.7. The summed E-state index contributed by atoms with van der Waals surface area (Å²) in [6.45, 7) is 1.93. The van der Waals surface area contributed by atoms with Crippen molar-refractivity contribution in [3.63, 3.8) is 0 Å². The number of pyridine rings is 1. The lowest BCUT2D eigenvalue weighted by atomic mass is 10.0. The lowest BCUT2D eigenvalue weighted by Crippen LogP contribution is -2.29. The highest BCUT2D eigenvalue weighted by Crippen LogP contribution is 2.17. The lowest BCUT2D eigenvalue weighted by Gasteiger charge is -2.16. The van der Waals surface area contributed by atoms with E-state index in [2.05, 4.69) is 10.4 Å². The van der Waals surface area contributed by atoms with Crippen LogP contribution in [0.2, 0.25) is 0 Å². The Hall–Kier alpha value is -1.78. The van der Waals surface area contributed by atoms with Crippen LogP contribution in [0.5, 0.6) is 0 Å². The molecule has 1 aromatic heterocycles. The first-order valence-corrected chi connectivity index (χ1v) is 5.82. The molecule has 0 spiro atoms. The minimum atomic E-state index is -0.231. The molecule has 0 amide bonds. The summed E-state index contributed by atoms with van der Waals surface area (Å²) in [7, 11) is 0.